The van der Waals surface area contributed by atoms with Crippen LogP contribution in [0.4, 0.5) is 4.79 Å². The van der Waals surface area contributed by atoms with Crippen LogP contribution in [0.3, 0.4) is 0 Å². The maximum atomic E-state index is 14.9. The molecule has 0 aromatic heterocycles. The lowest BCUT2D eigenvalue weighted by Crippen LogP contribution is -2.75. The first-order valence-electron chi connectivity index (χ1n) is 19.0. The molecule has 2 heterocycles. The molecule has 52 heavy (non-hydrogen) atoms. The van der Waals surface area contributed by atoms with E-state index >= 15 is 0 Å². The highest BCUT2D eigenvalue weighted by Gasteiger charge is 2.72. The Morgan fingerprint density at radius 1 is 0.885 bits per heavy atom. The fraction of sp³-hybridized carbons (Fsp3) is 0.595. The number of ether oxygens (including phenoxy) is 2. The highest BCUT2D eigenvalue weighted by atomic mass is 28.4. The second-order valence-corrected chi connectivity index (χ2v) is 27.5. The summed E-state index contributed by atoms with van der Waals surface area (Å²) >= 11 is 0. The smallest absolute Gasteiger partial charge is 0.417 e. The molecule has 2 aromatic rings. The van der Waals surface area contributed by atoms with Gasteiger partial charge in [-0.15, -0.1) is 0 Å². The Balaban J connectivity index is 1.58. The summed E-state index contributed by atoms with van der Waals surface area (Å²) in [6, 6.07) is 21.1. The average molecular weight is 748 g/mol. The van der Waals surface area contributed by atoms with Crippen molar-refractivity contribution in [3.63, 3.8) is 0 Å². The van der Waals surface area contributed by atoms with Gasteiger partial charge in [-0.05, 0) is 63.8 Å². The van der Waals surface area contributed by atoms with Crippen LogP contribution in [0.15, 0.2) is 72.3 Å². The van der Waals surface area contributed by atoms with E-state index < -0.39 is 51.2 Å². The zero-order valence-electron chi connectivity index (χ0n) is 33.6. The molecule has 1 aliphatic carbocycles. The zero-order valence-corrected chi connectivity index (χ0v) is 35.6. The molecule has 0 N–H and O–H groups in total. The third-order valence-corrected chi connectivity index (χ3v) is 22.3. The molecule has 0 radical (unpaired) electrons. The lowest BCUT2D eigenvalue weighted by atomic mass is 9.59. The van der Waals surface area contributed by atoms with Crippen LogP contribution < -0.4 is 10.4 Å². The first-order valence-corrected chi connectivity index (χ1v) is 23.8. The van der Waals surface area contributed by atoms with E-state index in [9.17, 15) is 14.4 Å². The fourth-order valence-electron chi connectivity index (χ4n) is 8.36. The molecule has 2 amide bonds. The molecule has 4 atom stereocenters. The minimum atomic E-state index is -2.88. The van der Waals surface area contributed by atoms with Gasteiger partial charge in [0.1, 0.15) is 6.61 Å². The summed E-state index contributed by atoms with van der Waals surface area (Å²) in [5.74, 6) is -1.64. The maximum Gasteiger partial charge on any atom is 0.417 e. The molecule has 10 heteroatoms. The van der Waals surface area contributed by atoms with Gasteiger partial charge in [-0.1, -0.05) is 136 Å². The second kappa shape index (κ2) is 14.0. The number of fused-ring (bicyclic) bond motifs is 1. The van der Waals surface area contributed by atoms with Crippen LogP contribution in [0.2, 0.25) is 23.2 Å². The van der Waals surface area contributed by atoms with E-state index in [2.05, 4.69) is 116 Å². The molecule has 284 valence electrons. The van der Waals surface area contributed by atoms with Crippen LogP contribution in [0.25, 0.3) is 0 Å². The summed E-state index contributed by atoms with van der Waals surface area (Å²) in [6.45, 7) is 26.3. The van der Waals surface area contributed by atoms with Gasteiger partial charge < -0.3 is 18.3 Å². The zero-order chi connectivity index (χ0) is 38.5. The SMILES string of the molecule is CC(C)[C@]12COC(=O)N1C(=O)[C@]1(C[C@@H](C)C(CO[Si](c3ccccc3)(c3ccccc3)C(C)(C)C)=C[C@@]1(C)CCCO[Si](C)(C)C(C)(C)C)OC2=O. The minimum absolute atomic E-state index is 0.0505. The number of hydrogen-bond acceptors (Lipinski definition) is 7. The predicted octanol–water partition coefficient (Wildman–Crippen LogP) is 8.01. The van der Waals surface area contributed by atoms with Crippen molar-refractivity contribution in [1.29, 1.82) is 0 Å². The Morgan fingerprint density at radius 2 is 1.44 bits per heavy atom. The average Bonchev–Trinajstić information content (AvgIpc) is 3.43. The molecule has 5 rings (SSSR count). The van der Waals surface area contributed by atoms with Crippen molar-refractivity contribution in [1.82, 2.24) is 4.90 Å². The molecule has 3 aliphatic rings. The summed E-state index contributed by atoms with van der Waals surface area (Å²) in [7, 11) is -4.91. The van der Waals surface area contributed by atoms with E-state index in [0.29, 0.717) is 26.1 Å². The quantitative estimate of drug-likeness (QED) is 0.0996. The fourth-order valence-corrected chi connectivity index (χ4v) is 14.0. The number of nitrogens with zero attached hydrogens (tertiary/aromatic N) is 1. The number of benzene rings is 2. The first kappa shape index (κ1) is 40.1. The van der Waals surface area contributed by atoms with Crippen molar-refractivity contribution >= 4 is 45.0 Å². The van der Waals surface area contributed by atoms with Gasteiger partial charge >= 0.3 is 12.1 Å². The van der Waals surface area contributed by atoms with Gasteiger partial charge in [0, 0.05) is 18.4 Å². The number of carbonyl (C=O) groups excluding carboxylic acids is 3. The molecule has 2 saturated heterocycles. The van der Waals surface area contributed by atoms with Gasteiger partial charge in [0.2, 0.25) is 0 Å². The number of imide groups is 1. The van der Waals surface area contributed by atoms with Crippen LogP contribution >= 0.6 is 0 Å². The van der Waals surface area contributed by atoms with E-state index in [-0.39, 0.29) is 34.9 Å². The maximum absolute atomic E-state index is 14.9. The Morgan fingerprint density at radius 3 is 1.94 bits per heavy atom. The third kappa shape index (κ3) is 6.45. The second-order valence-electron chi connectivity index (χ2n) is 18.4. The number of amides is 2. The van der Waals surface area contributed by atoms with Crippen LogP contribution in [0.1, 0.15) is 88.5 Å². The predicted molar refractivity (Wildman–Crippen MR) is 211 cm³/mol. The van der Waals surface area contributed by atoms with E-state index in [4.69, 9.17) is 18.3 Å². The molecule has 0 unspecified atom stereocenters. The Bertz CT molecular complexity index is 1640. The molecule has 2 aliphatic heterocycles. The van der Waals surface area contributed by atoms with Crippen LogP contribution in [0, 0.1) is 17.3 Å². The van der Waals surface area contributed by atoms with E-state index in [1.807, 2.05) is 32.9 Å². The first-order chi connectivity index (χ1) is 24.1. The van der Waals surface area contributed by atoms with Crippen molar-refractivity contribution in [3.05, 3.63) is 72.3 Å². The van der Waals surface area contributed by atoms with Crippen LogP contribution in [-0.4, -0.2) is 70.5 Å². The normalized spacial score (nSPS) is 27.1. The highest BCUT2D eigenvalue weighted by molar-refractivity contribution is 6.99. The van der Waals surface area contributed by atoms with Gasteiger partial charge in [0.05, 0.1) is 6.61 Å². The van der Waals surface area contributed by atoms with E-state index in [1.165, 1.54) is 10.4 Å². The van der Waals surface area contributed by atoms with Crippen molar-refractivity contribution in [2.45, 2.75) is 123 Å². The van der Waals surface area contributed by atoms with E-state index in [0.717, 1.165) is 10.5 Å². The molecule has 0 bridgehead atoms. The molecule has 8 nitrogen and oxygen atoms in total. The summed E-state index contributed by atoms with van der Waals surface area (Å²) in [5, 5.41) is 2.21. The molecule has 0 saturated carbocycles. The van der Waals surface area contributed by atoms with Gasteiger partial charge in [-0.3, -0.25) is 4.79 Å². The van der Waals surface area contributed by atoms with Gasteiger partial charge in [-0.25, -0.2) is 14.5 Å². The van der Waals surface area contributed by atoms with Crippen molar-refractivity contribution in [3.8, 4) is 0 Å². The van der Waals surface area contributed by atoms with Gasteiger partial charge in [0.15, 0.2) is 19.5 Å². The van der Waals surface area contributed by atoms with Crippen molar-refractivity contribution in [2.75, 3.05) is 19.8 Å². The van der Waals surface area contributed by atoms with E-state index in [1.54, 1.807) is 0 Å². The number of esters is 1. The highest BCUT2D eigenvalue weighted by Crippen LogP contribution is 2.55. The molecule has 2 aromatic carbocycles. The summed E-state index contributed by atoms with van der Waals surface area (Å²) in [5.41, 5.74) is -2.98. The third-order valence-electron chi connectivity index (χ3n) is 12.8. The Kier molecular flexibility index (Phi) is 10.8. The standard InChI is InChI=1S/C42H61NO7Si2/c1-30(2)41-29-47-37(46)43(41)35(44)42(50-36(41)45)26-31(3)32(27-40(42,10)24-19-25-48-51(11,12)38(4,5)6)28-49-52(39(7,8)9,33-20-15-13-16-21-33)34-22-17-14-18-23-34/h13-18,20-23,27,30-31H,19,24-26,28-29H2,1-12H3/t31-,40-,41+,42+/m1/s1. The van der Waals surface area contributed by atoms with Crippen molar-refractivity contribution < 1.29 is 32.7 Å². The Labute approximate surface area is 313 Å². The number of rotatable bonds is 11. The van der Waals surface area contributed by atoms with Gasteiger partial charge in [-0.2, -0.15) is 0 Å². The molecule has 1 spiro atoms. The topological polar surface area (TPSA) is 91.4 Å². The Hall–Kier alpha value is -3.06. The molecular formula is C42H61NO7Si2. The minimum Gasteiger partial charge on any atom is -0.446 e. The van der Waals surface area contributed by atoms with Crippen LogP contribution in [0.5, 0.6) is 0 Å². The van der Waals surface area contributed by atoms with Crippen LogP contribution in [-0.2, 0) is 27.9 Å². The lowest BCUT2D eigenvalue weighted by Gasteiger charge is -2.56. The molecule has 2 fully saturated rings. The monoisotopic (exact) mass is 747 g/mol. The number of morpholine rings is 1. The molecular weight excluding hydrogens is 687 g/mol. The summed E-state index contributed by atoms with van der Waals surface area (Å²) < 4.78 is 25.9. The van der Waals surface area contributed by atoms with Gasteiger partial charge in [0.25, 0.3) is 14.2 Å². The largest absolute Gasteiger partial charge is 0.446 e. The number of cyclic esters (lactones) is 1. The summed E-state index contributed by atoms with van der Waals surface area (Å²) in [6.07, 6.45) is 2.73. The summed E-state index contributed by atoms with van der Waals surface area (Å²) in [4.78, 5) is 43.6. The number of hydrogen-bond donors (Lipinski definition) is 0. The number of carbonyl (C=O) groups is 3. The lowest BCUT2D eigenvalue weighted by molar-refractivity contribution is -0.216. The van der Waals surface area contributed by atoms with Crippen molar-refractivity contribution in [2.24, 2.45) is 17.3 Å².